The summed E-state index contributed by atoms with van der Waals surface area (Å²) in [5.74, 6) is 1.04. The molecule has 0 aliphatic carbocycles. The van der Waals surface area contributed by atoms with Crippen LogP contribution in [0.1, 0.15) is 25.7 Å². The van der Waals surface area contributed by atoms with Crippen molar-refractivity contribution in [2.45, 2.75) is 47.6 Å². The highest BCUT2D eigenvalue weighted by atomic mass is 35.7. The number of fused-ring (bicyclic) bond motifs is 2. The Labute approximate surface area is 490 Å². The van der Waals surface area contributed by atoms with Crippen LogP contribution in [0.15, 0.2) is 155 Å². The molecule has 2 aliphatic heterocycles. The highest BCUT2D eigenvalue weighted by molar-refractivity contribution is 8.13. The summed E-state index contributed by atoms with van der Waals surface area (Å²) in [4.78, 5) is 37.2. The predicted molar refractivity (Wildman–Crippen MR) is 320 cm³/mol. The Morgan fingerprint density at radius 1 is 0.637 bits per heavy atom. The molecule has 0 radical (unpaired) electrons. The van der Waals surface area contributed by atoms with Crippen molar-refractivity contribution in [3.63, 3.8) is 0 Å². The molecule has 0 spiro atoms. The maximum atomic E-state index is 13.2. The van der Waals surface area contributed by atoms with Crippen molar-refractivity contribution in [1.29, 1.82) is 0 Å². The highest BCUT2D eigenvalue weighted by Gasteiger charge is 2.31. The number of nitrogens with one attached hydrogen (secondary N) is 3. The third-order valence-corrected chi connectivity index (χ3v) is 18.0. The highest BCUT2D eigenvalue weighted by Crippen LogP contribution is 2.37. The maximum absolute atomic E-state index is 13.2. The molecule has 10 aromatic rings. The van der Waals surface area contributed by atoms with Crippen LogP contribution in [-0.4, -0.2) is 98.1 Å². The van der Waals surface area contributed by atoms with Crippen molar-refractivity contribution in [2.24, 2.45) is 0 Å². The Morgan fingerprint density at radius 3 is 1.62 bits per heavy atom. The molecule has 26 heteroatoms. The zero-order chi connectivity index (χ0) is 55.1. The number of aromatic nitrogens is 8. The molecule has 0 unspecified atom stereocenters. The van der Waals surface area contributed by atoms with Crippen LogP contribution in [-0.2, 0) is 19.1 Å². The summed E-state index contributed by atoms with van der Waals surface area (Å²) in [5, 5.41) is 15.1. The number of halogens is 4. The fraction of sp³-hybridized carbons (Fsp3) is 0.185. The van der Waals surface area contributed by atoms with Gasteiger partial charge in [-0.15, -0.1) is 35.1 Å². The lowest BCUT2D eigenvalue weighted by Gasteiger charge is -2.32. The number of hydrogen-bond acceptors (Lipinski definition) is 15. The van der Waals surface area contributed by atoms with E-state index in [4.69, 9.17) is 67.0 Å². The first kappa shape index (κ1) is 57.6. The van der Waals surface area contributed by atoms with Gasteiger partial charge < -0.3 is 16.0 Å². The summed E-state index contributed by atoms with van der Waals surface area (Å²) < 4.78 is 53.3. The van der Waals surface area contributed by atoms with E-state index in [2.05, 4.69) is 40.0 Å². The van der Waals surface area contributed by atoms with E-state index in [1.807, 2.05) is 76.1 Å². The van der Waals surface area contributed by atoms with Crippen molar-refractivity contribution in [1.82, 2.24) is 48.3 Å². The zero-order valence-corrected chi connectivity index (χ0v) is 48.2. The number of nitrogens with zero attached hydrogens (tertiary/aromatic N) is 11. The van der Waals surface area contributed by atoms with E-state index < -0.39 is 19.1 Å². The minimum absolute atomic E-state index is 0. The summed E-state index contributed by atoms with van der Waals surface area (Å²) in [6, 6.07) is 30.7. The Balaban J connectivity index is 0.000000165. The first-order valence-electron chi connectivity index (χ1n) is 24.5. The molecular weight excluding hydrogens is 1180 g/mol. The van der Waals surface area contributed by atoms with Gasteiger partial charge in [0, 0.05) is 88.0 Å². The lowest BCUT2D eigenvalue weighted by molar-refractivity contribution is 0.326. The summed E-state index contributed by atoms with van der Waals surface area (Å²) >= 11 is 14.6. The number of hydrogen-bond donors (Lipinski definition) is 3. The fourth-order valence-corrected chi connectivity index (χ4v) is 13.0. The van der Waals surface area contributed by atoms with Crippen LogP contribution in [0.4, 0.5) is 23.3 Å². The number of benzene rings is 4. The third-order valence-electron chi connectivity index (χ3n) is 12.7. The average Bonchev–Trinajstić information content (AvgIpc) is 4.31. The molecule has 408 valence electrons. The van der Waals surface area contributed by atoms with Crippen LogP contribution in [0.25, 0.3) is 64.9 Å². The molecule has 12 rings (SSSR count). The van der Waals surface area contributed by atoms with Gasteiger partial charge in [0.05, 0.1) is 45.7 Å². The van der Waals surface area contributed by atoms with Crippen LogP contribution in [0, 0.1) is 13.1 Å². The van der Waals surface area contributed by atoms with E-state index in [0.29, 0.717) is 64.6 Å². The van der Waals surface area contributed by atoms with Crippen LogP contribution < -0.4 is 16.0 Å². The molecule has 2 saturated heterocycles. The quantitative estimate of drug-likeness (QED) is 0.0816. The standard InChI is InChI=1S/C27H22ClN7O2S2.C21H19N7S.C6H4Cl2O2S.ClH/c1-29-20-5-2-4-18(16-20)24-25(35-14-15-38-27(35)33-24)23-11-12-30-26(32-23)31-21-6-3-13-34(17-21)39(36,37)22-9-7-19(28)8-10-22;1-22-15-5-2-4-14(12-15)18-19(28-10-11-29-21(28)27-18)17-7-9-24-20(26-17)25-16-6-3-8-23-13-16;7-5-1-3-6(4-2-5)11(8,9)10;/h2,4-5,7-12,14-16,21H,3,6,13,17H2,(H,30,31,32);2,4-5,7,9-12,16,23H,3,6,8,13H2,(H,24,25,26);1-4H;1H/t21-;16-;;/m11../s1. The molecule has 6 aromatic heterocycles. The molecule has 8 heterocycles. The Bertz CT molecular complexity index is 4120. The average molecular weight is 1230 g/mol. The molecule has 2 atom stereocenters. The molecule has 0 amide bonds. The van der Waals surface area contributed by atoms with Gasteiger partial charge >= 0.3 is 0 Å². The lowest BCUT2D eigenvalue weighted by Crippen LogP contribution is -2.45. The second-order valence-electron chi connectivity index (χ2n) is 18.0. The van der Waals surface area contributed by atoms with Crippen LogP contribution in [0.5, 0.6) is 0 Å². The minimum Gasteiger partial charge on any atom is -0.350 e. The van der Waals surface area contributed by atoms with E-state index in [1.54, 1.807) is 48.0 Å². The maximum Gasteiger partial charge on any atom is 0.261 e. The first-order valence-corrected chi connectivity index (χ1v) is 30.7. The number of anilines is 2. The molecule has 2 fully saturated rings. The van der Waals surface area contributed by atoms with Gasteiger partial charge in [-0.05, 0) is 116 Å². The molecule has 3 N–H and O–H groups in total. The fourth-order valence-electron chi connectivity index (χ4n) is 9.00. The smallest absolute Gasteiger partial charge is 0.261 e. The normalized spacial score (nSPS) is 15.5. The van der Waals surface area contributed by atoms with Crippen molar-refractivity contribution < 1.29 is 16.8 Å². The van der Waals surface area contributed by atoms with Gasteiger partial charge in [0.1, 0.15) is 11.4 Å². The Hall–Kier alpha value is -7.06. The summed E-state index contributed by atoms with van der Waals surface area (Å²) in [7, 11) is -2.21. The van der Waals surface area contributed by atoms with Crippen molar-refractivity contribution >= 4 is 121 Å². The molecular formula is C54H46Cl4N14O4S4. The lowest BCUT2D eigenvalue weighted by atomic mass is 10.1. The van der Waals surface area contributed by atoms with Gasteiger partial charge in [0.2, 0.25) is 21.9 Å². The topological polar surface area (TPSA) is 202 Å². The summed E-state index contributed by atoms with van der Waals surface area (Å²) in [5.41, 5.74) is 7.62. The number of piperidine rings is 2. The second kappa shape index (κ2) is 25.6. The van der Waals surface area contributed by atoms with Crippen molar-refractivity contribution in [3.05, 3.63) is 178 Å². The van der Waals surface area contributed by atoms with Gasteiger partial charge in [-0.1, -0.05) is 59.6 Å². The largest absolute Gasteiger partial charge is 0.350 e. The van der Waals surface area contributed by atoms with Crippen LogP contribution in [0.3, 0.4) is 0 Å². The first-order chi connectivity index (χ1) is 38.2. The SMILES string of the molecule is Cl.O=S(=O)(Cl)c1ccc(Cl)cc1.[C-]#[N+]c1cccc(-c2nc3sccn3c2-c2ccnc(N[C@@H]3CCCN(S(=O)(=O)c4ccc(Cl)cc4)C3)n2)c1.[C-]#[N+]c1cccc(-c2nc3sccn3c2-c2ccnc(N[C@@H]3CCCNC3)n2)c1. The van der Waals surface area contributed by atoms with Crippen LogP contribution >= 0.6 is 69.0 Å². The monoisotopic (exact) mass is 1220 g/mol. The van der Waals surface area contributed by atoms with Crippen LogP contribution in [0.2, 0.25) is 10.0 Å². The number of rotatable bonds is 11. The number of sulfonamides is 1. The molecule has 80 heavy (non-hydrogen) atoms. The summed E-state index contributed by atoms with van der Waals surface area (Å²) in [6.45, 7) is 17.4. The van der Waals surface area contributed by atoms with E-state index >= 15 is 0 Å². The minimum atomic E-state index is -3.65. The van der Waals surface area contributed by atoms with Gasteiger partial charge in [0.25, 0.3) is 9.05 Å². The van der Waals surface area contributed by atoms with Crippen molar-refractivity contribution in [3.8, 4) is 45.3 Å². The molecule has 18 nitrogen and oxygen atoms in total. The van der Waals surface area contributed by atoms with E-state index in [1.165, 1.54) is 52.0 Å². The predicted octanol–water partition coefficient (Wildman–Crippen LogP) is 12.9. The molecule has 2 aliphatic rings. The summed E-state index contributed by atoms with van der Waals surface area (Å²) in [6.07, 6.45) is 11.2. The van der Waals surface area contributed by atoms with Gasteiger partial charge in [-0.3, -0.25) is 8.80 Å². The molecule has 4 aromatic carbocycles. The number of imidazole rings is 2. The zero-order valence-electron chi connectivity index (χ0n) is 41.9. The van der Waals surface area contributed by atoms with Gasteiger partial charge in [-0.25, -0.2) is 56.4 Å². The van der Waals surface area contributed by atoms with E-state index in [0.717, 1.165) is 81.9 Å². The Kier molecular flexibility index (Phi) is 18.4. The Morgan fingerprint density at radius 2 is 1.14 bits per heavy atom. The molecule has 0 saturated carbocycles. The van der Waals surface area contributed by atoms with Gasteiger partial charge in [0.15, 0.2) is 21.3 Å². The second-order valence-corrected chi connectivity index (χ2v) is 25.1. The third kappa shape index (κ3) is 13.4. The van der Waals surface area contributed by atoms with Crippen molar-refractivity contribution in [2.75, 3.05) is 36.8 Å². The van der Waals surface area contributed by atoms with E-state index in [9.17, 15) is 16.8 Å². The number of thiazole rings is 2. The van der Waals surface area contributed by atoms with E-state index in [-0.39, 0.29) is 28.2 Å². The van der Waals surface area contributed by atoms with Gasteiger partial charge in [-0.2, -0.15) is 4.31 Å². The molecule has 0 bridgehead atoms.